The molecule has 1 N–H and O–H groups in total. The van der Waals surface area contributed by atoms with Crippen LogP contribution in [0.4, 0.5) is 5.69 Å². The van der Waals surface area contributed by atoms with Gasteiger partial charge in [0.05, 0.1) is 22.0 Å². The number of carbonyl (C=O) groups excluding carboxylic acids is 1. The number of rotatable bonds is 8. The van der Waals surface area contributed by atoms with Gasteiger partial charge in [0, 0.05) is 13.1 Å². The zero-order chi connectivity index (χ0) is 21.7. The number of hydrogen-bond donors (Lipinski definition) is 1. The van der Waals surface area contributed by atoms with E-state index in [4.69, 9.17) is 23.2 Å². The Hall–Kier alpha value is -1.80. The van der Waals surface area contributed by atoms with Crippen molar-refractivity contribution in [1.29, 1.82) is 0 Å². The number of nitrogens with zero attached hydrogens (tertiary/aromatic N) is 2. The van der Waals surface area contributed by atoms with Gasteiger partial charge in [0.1, 0.15) is 6.54 Å². The van der Waals surface area contributed by atoms with E-state index in [1.54, 1.807) is 0 Å². The zero-order valence-electron chi connectivity index (χ0n) is 16.8. The van der Waals surface area contributed by atoms with E-state index in [0.717, 1.165) is 35.8 Å². The Morgan fingerprint density at radius 1 is 1.07 bits per heavy atom. The third kappa shape index (κ3) is 6.35. The van der Waals surface area contributed by atoms with Crippen molar-refractivity contribution in [3.8, 4) is 0 Å². The van der Waals surface area contributed by atoms with E-state index in [1.807, 2.05) is 12.1 Å². The number of carbonyl (C=O) groups is 1. The molecule has 0 unspecified atom stereocenters. The molecular formula is C21H25Cl2N3O3S. The summed E-state index contributed by atoms with van der Waals surface area (Å²) in [5.41, 5.74) is 2.47. The number of likely N-dealkylation sites (tertiary alicyclic amines) is 1. The van der Waals surface area contributed by atoms with Crippen LogP contribution in [0.3, 0.4) is 0 Å². The van der Waals surface area contributed by atoms with Gasteiger partial charge in [-0.05, 0) is 55.3 Å². The van der Waals surface area contributed by atoms with Gasteiger partial charge in [0.25, 0.3) is 0 Å². The molecule has 30 heavy (non-hydrogen) atoms. The zero-order valence-corrected chi connectivity index (χ0v) is 19.1. The monoisotopic (exact) mass is 469 g/mol. The maximum Gasteiger partial charge on any atom is 0.241 e. The number of nitrogens with one attached hydrogen (secondary N) is 1. The summed E-state index contributed by atoms with van der Waals surface area (Å²) in [6.07, 6.45) is 3.53. The van der Waals surface area contributed by atoms with E-state index in [1.165, 1.54) is 36.6 Å². The molecule has 0 radical (unpaired) electrons. The molecule has 0 atom stereocenters. The molecule has 2 aromatic rings. The minimum atomic E-state index is -3.68. The fraction of sp³-hybridized carbons (Fsp3) is 0.381. The summed E-state index contributed by atoms with van der Waals surface area (Å²) in [5, 5.41) is 3.33. The van der Waals surface area contributed by atoms with Crippen molar-refractivity contribution in [1.82, 2.24) is 10.2 Å². The van der Waals surface area contributed by atoms with E-state index in [-0.39, 0.29) is 17.3 Å². The topological polar surface area (TPSA) is 69.7 Å². The Bertz CT molecular complexity index is 1010. The van der Waals surface area contributed by atoms with Crippen LogP contribution in [-0.4, -0.2) is 45.1 Å². The predicted octanol–water partition coefficient (Wildman–Crippen LogP) is 3.67. The Labute approximate surface area is 187 Å². The van der Waals surface area contributed by atoms with Gasteiger partial charge in [-0.2, -0.15) is 0 Å². The van der Waals surface area contributed by atoms with Gasteiger partial charge in [-0.25, -0.2) is 8.42 Å². The van der Waals surface area contributed by atoms with Crippen LogP contribution in [0.25, 0.3) is 0 Å². The summed E-state index contributed by atoms with van der Waals surface area (Å²) in [6, 6.07) is 12.5. The third-order valence-electron chi connectivity index (χ3n) is 4.96. The fourth-order valence-corrected chi connectivity index (χ4v) is 4.60. The Morgan fingerprint density at radius 2 is 1.77 bits per heavy atom. The smallest absolute Gasteiger partial charge is 0.241 e. The first-order valence-corrected chi connectivity index (χ1v) is 12.3. The maximum absolute atomic E-state index is 12.5. The normalized spacial score (nSPS) is 14.6. The summed E-state index contributed by atoms with van der Waals surface area (Å²) in [4.78, 5) is 14.9. The van der Waals surface area contributed by atoms with Gasteiger partial charge >= 0.3 is 0 Å². The van der Waals surface area contributed by atoms with Crippen LogP contribution in [-0.2, 0) is 27.9 Å². The molecule has 1 saturated heterocycles. The van der Waals surface area contributed by atoms with Gasteiger partial charge < -0.3 is 5.32 Å². The lowest BCUT2D eigenvalue weighted by molar-refractivity contribution is -0.119. The maximum atomic E-state index is 12.5. The second kappa shape index (κ2) is 10.0. The van der Waals surface area contributed by atoms with Crippen LogP contribution in [0.1, 0.15) is 24.0 Å². The summed E-state index contributed by atoms with van der Waals surface area (Å²) < 4.78 is 25.4. The summed E-state index contributed by atoms with van der Waals surface area (Å²) in [6.45, 7) is 3.13. The molecule has 6 nitrogen and oxygen atoms in total. The average molecular weight is 470 g/mol. The van der Waals surface area contributed by atoms with Crippen LogP contribution >= 0.6 is 23.2 Å². The molecule has 0 aliphatic carbocycles. The molecular weight excluding hydrogens is 445 g/mol. The number of halogens is 2. The summed E-state index contributed by atoms with van der Waals surface area (Å²) in [7, 11) is -3.68. The van der Waals surface area contributed by atoms with E-state index in [9.17, 15) is 13.2 Å². The molecule has 0 saturated carbocycles. The SMILES string of the molecule is CS(=O)(=O)N(CC(=O)NCc1cccc(CN2CCCC2)c1)c1ccc(Cl)c(Cl)c1. The highest BCUT2D eigenvalue weighted by molar-refractivity contribution is 7.92. The summed E-state index contributed by atoms with van der Waals surface area (Å²) in [5.74, 6) is -0.406. The van der Waals surface area contributed by atoms with Crippen molar-refractivity contribution >= 4 is 44.8 Å². The van der Waals surface area contributed by atoms with Crippen molar-refractivity contribution in [3.63, 3.8) is 0 Å². The molecule has 1 fully saturated rings. The number of benzene rings is 2. The van der Waals surface area contributed by atoms with Gasteiger partial charge in [-0.1, -0.05) is 47.5 Å². The van der Waals surface area contributed by atoms with E-state index >= 15 is 0 Å². The van der Waals surface area contributed by atoms with Crippen molar-refractivity contribution < 1.29 is 13.2 Å². The van der Waals surface area contributed by atoms with Crippen molar-refractivity contribution in [2.75, 3.05) is 30.2 Å². The van der Waals surface area contributed by atoms with Gasteiger partial charge in [0.15, 0.2) is 0 Å². The molecule has 0 bridgehead atoms. The predicted molar refractivity (Wildman–Crippen MR) is 121 cm³/mol. The molecule has 3 rings (SSSR count). The highest BCUT2D eigenvalue weighted by Crippen LogP contribution is 2.28. The third-order valence-corrected chi connectivity index (χ3v) is 6.84. The molecule has 1 aliphatic heterocycles. The van der Waals surface area contributed by atoms with Crippen LogP contribution in [0.15, 0.2) is 42.5 Å². The molecule has 0 spiro atoms. The number of hydrogen-bond acceptors (Lipinski definition) is 4. The minimum absolute atomic E-state index is 0.220. The van der Waals surface area contributed by atoms with Crippen molar-refractivity contribution in [2.45, 2.75) is 25.9 Å². The molecule has 9 heteroatoms. The second-order valence-corrected chi connectivity index (χ2v) is 10.2. The fourth-order valence-electron chi connectivity index (χ4n) is 3.46. The van der Waals surface area contributed by atoms with Gasteiger partial charge in [0.2, 0.25) is 15.9 Å². The first-order chi connectivity index (χ1) is 14.2. The number of sulfonamides is 1. The highest BCUT2D eigenvalue weighted by atomic mass is 35.5. The number of amides is 1. The largest absolute Gasteiger partial charge is 0.350 e. The number of anilines is 1. The lowest BCUT2D eigenvalue weighted by Gasteiger charge is -2.22. The van der Waals surface area contributed by atoms with Gasteiger partial charge in [-0.3, -0.25) is 14.0 Å². The highest BCUT2D eigenvalue weighted by Gasteiger charge is 2.21. The van der Waals surface area contributed by atoms with Crippen LogP contribution in [0.5, 0.6) is 0 Å². The van der Waals surface area contributed by atoms with E-state index < -0.39 is 15.9 Å². The van der Waals surface area contributed by atoms with Crippen LogP contribution in [0.2, 0.25) is 10.0 Å². The molecule has 1 aliphatic rings. The molecule has 1 heterocycles. The molecule has 1 amide bonds. The standard InChI is InChI=1S/C21H25Cl2N3O3S/c1-30(28,29)26(18-7-8-19(22)20(23)12-18)15-21(27)24-13-16-5-4-6-17(11-16)14-25-9-2-3-10-25/h4-8,11-12H,2-3,9-10,13-15H2,1H3,(H,24,27). The first-order valence-electron chi connectivity index (χ1n) is 9.72. The van der Waals surface area contributed by atoms with Crippen molar-refractivity contribution in [2.24, 2.45) is 0 Å². The molecule has 2 aromatic carbocycles. The lowest BCUT2D eigenvalue weighted by atomic mass is 10.1. The summed E-state index contributed by atoms with van der Waals surface area (Å²) >= 11 is 11.9. The molecule has 162 valence electrons. The van der Waals surface area contributed by atoms with Crippen LogP contribution < -0.4 is 9.62 Å². The average Bonchev–Trinajstić information content (AvgIpc) is 3.19. The Morgan fingerprint density at radius 3 is 2.43 bits per heavy atom. The Kier molecular flexibility index (Phi) is 7.63. The quantitative estimate of drug-likeness (QED) is 0.639. The first kappa shape index (κ1) is 22.9. The molecule has 0 aromatic heterocycles. The van der Waals surface area contributed by atoms with Gasteiger partial charge in [-0.15, -0.1) is 0 Å². The second-order valence-electron chi connectivity index (χ2n) is 7.45. The van der Waals surface area contributed by atoms with E-state index in [2.05, 4.69) is 22.3 Å². The van der Waals surface area contributed by atoms with Crippen LogP contribution in [0, 0.1) is 0 Å². The van der Waals surface area contributed by atoms with E-state index in [0.29, 0.717) is 11.6 Å². The Balaban J connectivity index is 1.62. The lowest BCUT2D eigenvalue weighted by Crippen LogP contribution is -2.40. The van der Waals surface area contributed by atoms with Crippen molar-refractivity contribution in [3.05, 3.63) is 63.6 Å². The minimum Gasteiger partial charge on any atom is -0.350 e.